The summed E-state index contributed by atoms with van der Waals surface area (Å²) in [5.74, 6) is 0.935. The van der Waals surface area contributed by atoms with Crippen molar-refractivity contribution < 1.29 is 9.47 Å². The van der Waals surface area contributed by atoms with E-state index in [9.17, 15) is 0 Å². The molecule has 14 heavy (non-hydrogen) atoms. The van der Waals surface area contributed by atoms with Gasteiger partial charge in [-0.25, -0.2) is 0 Å². The molecule has 0 saturated carbocycles. The lowest BCUT2D eigenvalue weighted by Crippen LogP contribution is -2.18. The molecule has 0 bridgehead atoms. The molecule has 0 fully saturated rings. The zero-order valence-corrected chi connectivity index (χ0v) is 8.32. The molecule has 2 rings (SSSR count). The summed E-state index contributed by atoms with van der Waals surface area (Å²) >= 11 is 0. The van der Waals surface area contributed by atoms with Gasteiger partial charge in [-0.15, -0.1) is 0 Å². The van der Waals surface area contributed by atoms with Gasteiger partial charge in [0.05, 0.1) is 6.61 Å². The van der Waals surface area contributed by atoms with Crippen LogP contribution in [-0.2, 0) is 17.8 Å². The number of rotatable bonds is 2. The fourth-order valence-electron chi connectivity index (χ4n) is 1.64. The van der Waals surface area contributed by atoms with Gasteiger partial charge < -0.3 is 15.2 Å². The van der Waals surface area contributed by atoms with Crippen LogP contribution in [0, 0.1) is 0 Å². The van der Waals surface area contributed by atoms with Crippen LogP contribution in [0.5, 0.6) is 5.75 Å². The van der Waals surface area contributed by atoms with Crippen LogP contribution in [0.25, 0.3) is 0 Å². The van der Waals surface area contributed by atoms with E-state index < -0.39 is 0 Å². The molecule has 0 aromatic heterocycles. The SMILES string of the molecule is CC(N)Cc1ccc2c(c1)COCO2. The smallest absolute Gasteiger partial charge is 0.189 e. The Morgan fingerprint density at radius 2 is 2.36 bits per heavy atom. The third kappa shape index (κ3) is 2.05. The Morgan fingerprint density at radius 1 is 1.50 bits per heavy atom. The maximum atomic E-state index is 5.74. The highest BCUT2D eigenvalue weighted by Crippen LogP contribution is 2.24. The van der Waals surface area contributed by atoms with Crippen LogP contribution in [0.1, 0.15) is 18.1 Å². The van der Waals surface area contributed by atoms with Gasteiger partial charge in [-0.05, 0) is 31.0 Å². The molecule has 2 N–H and O–H groups in total. The van der Waals surface area contributed by atoms with E-state index in [4.69, 9.17) is 15.2 Å². The molecule has 3 heteroatoms. The molecular weight excluding hydrogens is 178 g/mol. The van der Waals surface area contributed by atoms with E-state index in [0.29, 0.717) is 13.4 Å². The topological polar surface area (TPSA) is 44.5 Å². The second kappa shape index (κ2) is 3.98. The van der Waals surface area contributed by atoms with Gasteiger partial charge in [0.25, 0.3) is 0 Å². The van der Waals surface area contributed by atoms with Crippen molar-refractivity contribution in [2.75, 3.05) is 6.79 Å². The molecule has 0 spiro atoms. The maximum absolute atomic E-state index is 5.74. The van der Waals surface area contributed by atoms with Crippen LogP contribution in [-0.4, -0.2) is 12.8 Å². The van der Waals surface area contributed by atoms with Crippen molar-refractivity contribution in [3.05, 3.63) is 29.3 Å². The van der Waals surface area contributed by atoms with Crippen LogP contribution >= 0.6 is 0 Å². The van der Waals surface area contributed by atoms with E-state index in [2.05, 4.69) is 12.1 Å². The molecule has 1 aliphatic rings. The summed E-state index contributed by atoms with van der Waals surface area (Å²) in [5, 5.41) is 0. The largest absolute Gasteiger partial charge is 0.467 e. The minimum Gasteiger partial charge on any atom is -0.467 e. The van der Waals surface area contributed by atoms with Crippen molar-refractivity contribution in [1.29, 1.82) is 0 Å². The number of hydrogen-bond donors (Lipinski definition) is 1. The van der Waals surface area contributed by atoms with Gasteiger partial charge >= 0.3 is 0 Å². The lowest BCUT2D eigenvalue weighted by Gasteiger charge is -2.18. The van der Waals surface area contributed by atoms with Gasteiger partial charge in [-0.3, -0.25) is 0 Å². The maximum Gasteiger partial charge on any atom is 0.189 e. The van der Waals surface area contributed by atoms with Gasteiger partial charge in [0.2, 0.25) is 0 Å². The van der Waals surface area contributed by atoms with Gasteiger partial charge in [0.15, 0.2) is 6.79 Å². The van der Waals surface area contributed by atoms with Crippen LogP contribution in [0.15, 0.2) is 18.2 Å². The highest BCUT2D eigenvalue weighted by molar-refractivity contribution is 5.37. The van der Waals surface area contributed by atoms with E-state index in [-0.39, 0.29) is 6.04 Å². The molecule has 1 unspecified atom stereocenters. The van der Waals surface area contributed by atoms with Gasteiger partial charge in [0, 0.05) is 11.6 Å². The Morgan fingerprint density at radius 3 is 3.14 bits per heavy atom. The molecule has 0 saturated heterocycles. The van der Waals surface area contributed by atoms with Crippen LogP contribution < -0.4 is 10.5 Å². The zero-order chi connectivity index (χ0) is 9.97. The molecule has 0 radical (unpaired) electrons. The predicted octanol–water partition coefficient (Wildman–Crippen LogP) is 1.44. The summed E-state index contributed by atoms with van der Waals surface area (Å²) in [4.78, 5) is 0. The first-order chi connectivity index (χ1) is 6.75. The Balaban J connectivity index is 2.20. The average Bonchev–Trinajstić information content (AvgIpc) is 2.17. The molecule has 1 atom stereocenters. The second-order valence-electron chi connectivity index (χ2n) is 3.73. The van der Waals surface area contributed by atoms with E-state index in [0.717, 1.165) is 17.7 Å². The minimum atomic E-state index is 0.193. The Kier molecular flexibility index (Phi) is 2.70. The quantitative estimate of drug-likeness (QED) is 0.773. The number of nitrogens with two attached hydrogens (primary N) is 1. The predicted molar refractivity (Wildman–Crippen MR) is 54.1 cm³/mol. The molecule has 1 aromatic carbocycles. The summed E-state index contributed by atoms with van der Waals surface area (Å²) < 4.78 is 10.5. The highest BCUT2D eigenvalue weighted by Gasteiger charge is 2.10. The van der Waals surface area contributed by atoms with Gasteiger partial charge in [0.1, 0.15) is 5.75 Å². The Labute approximate surface area is 83.8 Å². The molecule has 3 nitrogen and oxygen atoms in total. The molecule has 1 aromatic rings. The summed E-state index contributed by atoms with van der Waals surface area (Å²) in [6, 6.07) is 6.36. The van der Waals surface area contributed by atoms with Crippen molar-refractivity contribution in [3.8, 4) is 5.75 Å². The lowest BCUT2D eigenvalue weighted by molar-refractivity contribution is -0.0164. The number of benzene rings is 1. The van der Waals surface area contributed by atoms with Gasteiger partial charge in [-0.1, -0.05) is 6.07 Å². The average molecular weight is 193 g/mol. The Bertz CT molecular complexity index is 323. The number of fused-ring (bicyclic) bond motifs is 1. The van der Waals surface area contributed by atoms with Crippen LogP contribution in [0.4, 0.5) is 0 Å². The van der Waals surface area contributed by atoms with Gasteiger partial charge in [-0.2, -0.15) is 0 Å². The van der Waals surface area contributed by atoms with Crippen molar-refractivity contribution in [2.45, 2.75) is 26.0 Å². The van der Waals surface area contributed by atoms with Crippen molar-refractivity contribution >= 4 is 0 Å². The minimum absolute atomic E-state index is 0.193. The normalized spacial score (nSPS) is 17.0. The first-order valence-corrected chi connectivity index (χ1v) is 4.83. The summed E-state index contributed by atoms with van der Waals surface area (Å²) in [6.45, 7) is 3.01. The third-order valence-corrected chi connectivity index (χ3v) is 2.24. The molecule has 0 aliphatic carbocycles. The van der Waals surface area contributed by atoms with Crippen molar-refractivity contribution in [2.24, 2.45) is 5.73 Å². The van der Waals surface area contributed by atoms with Crippen molar-refractivity contribution in [1.82, 2.24) is 0 Å². The van der Waals surface area contributed by atoms with Crippen LogP contribution in [0.3, 0.4) is 0 Å². The first-order valence-electron chi connectivity index (χ1n) is 4.83. The Hall–Kier alpha value is -1.06. The fourth-order valence-corrected chi connectivity index (χ4v) is 1.64. The lowest BCUT2D eigenvalue weighted by atomic mass is 10.0. The zero-order valence-electron chi connectivity index (χ0n) is 8.32. The van der Waals surface area contributed by atoms with E-state index >= 15 is 0 Å². The van der Waals surface area contributed by atoms with Crippen molar-refractivity contribution in [3.63, 3.8) is 0 Å². The number of hydrogen-bond acceptors (Lipinski definition) is 3. The van der Waals surface area contributed by atoms with E-state index in [1.807, 2.05) is 13.0 Å². The summed E-state index contributed by atoms with van der Waals surface area (Å²) in [5.41, 5.74) is 8.10. The molecule has 1 aliphatic heterocycles. The van der Waals surface area contributed by atoms with Crippen LogP contribution in [0.2, 0.25) is 0 Å². The molecule has 0 amide bonds. The molecule has 76 valence electrons. The standard InChI is InChI=1S/C11H15NO2/c1-8(12)4-9-2-3-11-10(5-9)6-13-7-14-11/h2-3,5,8H,4,6-7,12H2,1H3. The van der Waals surface area contributed by atoms with E-state index in [1.54, 1.807) is 0 Å². The summed E-state index contributed by atoms with van der Waals surface area (Å²) in [7, 11) is 0. The molecule has 1 heterocycles. The highest BCUT2D eigenvalue weighted by atomic mass is 16.7. The third-order valence-electron chi connectivity index (χ3n) is 2.24. The number of ether oxygens (including phenoxy) is 2. The first kappa shape index (κ1) is 9.49. The monoisotopic (exact) mass is 193 g/mol. The second-order valence-corrected chi connectivity index (χ2v) is 3.73. The fraction of sp³-hybridized carbons (Fsp3) is 0.455. The molecular formula is C11H15NO2. The summed E-state index contributed by atoms with van der Waals surface area (Å²) in [6.07, 6.45) is 0.896. The van der Waals surface area contributed by atoms with E-state index in [1.165, 1.54) is 5.56 Å².